The molecule has 0 atom stereocenters. The first-order valence-corrected chi connectivity index (χ1v) is 7.67. The molecule has 1 aromatic carbocycles. The Morgan fingerprint density at radius 2 is 2.11 bits per heavy atom. The van der Waals surface area contributed by atoms with Crippen molar-refractivity contribution in [2.75, 3.05) is 12.8 Å². The molecule has 102 valence electrons. The molecular formula is C12H13BrN2O3S. The zero-order valence-electron chi connectivity index (χ0n) is 10.2. The van der Waals surface area contributed by atoms with E-state index in [2.05, 4.69) is 15.9 Å². The molecule has 2 aromatic rings. The van der Waals surface area contributed by atoms with Crippen LogP contribution in [0.3, 0.4) is 0 Å². The van der Waals surface area contributed by atoms with E-state index in [9.17, 15) is 8.42 Å². The normalized spacial score (nSPS) is 11.9. The Balaban J connectivity index is 2.31. The van der Waals surface area contributed by atoms with E-state index < -0.39 is 10.0 Å². The number of hydrogen-bond acceptors (Lipinski definition) is 4. The van der Waals surface area contributed by atoms with Crippen LogP contribution in [0, 0.1) is 0 Å². The average Bonchev–Trinajstić information content (AvgIpc) is 2.81. The monoisotopic (exact) mass is 344 g/mol. The standard InChI is InChI=1S/C12H13BrN2O3S/c1-15(7-9-4-5-18-8-9)19(16,17)12-3-2-10(13)6-11(12)14/h2-6,8H,7,14H2,1H3. The van der Waals surface area contributed by atoms with Gasteiger partial charge < -0.3 is 10.2 Å². The number of benzene rings is 1. The highest BCUT2D eigenvalue weighted by molar-refractivity contribution is 9.10. The molecule has 1 heterocycles. The van der Waals surface area contributed by atoms with Crippen LogP contribution in [0.1, 0.15) is 5.56 Å². The summed E-state index contributed by atoms with van der Waals surface area (Å²) < 4.78 is 31.7. The number of halogens is 1. The fraction of sp³-hybridized carbons (Fsp3) is 0.167. The van der Waals surface area contributed by atoms with Crippen molar-refractivity contribution in [3.8, 4) is 0 Å². The van der Waals surface area contributed by atoms with Gasteiger partial charge >= 0.3 is 0 Å². The van der Waals surface area contributed by atoms with Crippen LogP contribution in [-0.4, -0.2) is 19.8 Å². The molecule has 0 aliphatic rings. The van der Waals surface area contributed by atoms with Gasteiger partial charge in [0.2, 0.25) is 10.0 Å². The molecule has 0 radical (unpaired) electrons. The van der Waals surface area contributed by atoms with Gasteiger partial charge in [0, 0.05) is 23.6 Å². The molecule has 0 unspecified atom stereocenters. The molecule has 0 amide bonds. The molecule has 2 N–H and O–H groups in total. The summed E-state index contributed by atoms with van der Waals surface area (Å²) in [6.45, 7) is 0.230. The van der Waals surface area contributed by atoms with Crippen LogP contribution in [0.25, 0.3) is 0 Å². The largest absolute Gasteiger partial charge is 0.472 e. The predicted molar refractivity (Wildman–Crippen MR) is 75.9 cm³/mol. The van der Waals surface area contributed by atoms with Crippen LogP contribution in [0.2, 0.25) is 0 Å². The molecule has 7 heteroatoms. The molecule has 0 spiro atoms. The Hall–Kier alpha value is -1.31. The van der Waals surface area contributed by atoms with Gasteiger partial charge in [0.05, 0.1) is 18.2 Å². The van der Waals surface area contributed by atoms with Gasteiger partial charge in [-0.25, -0.2) is 8.42 Å². The third-order valence-electron chi connectivity index (χ3n) is 2.65. The van der Waals surface area contributed by atoms with E-state index in [1.165, 1.54) is 29.9 Å². The fourth-order valence-electron chi connectivity index (χ4n) is 1.65. The van der Waals surface area contributed by atoms with Gasteiger partial charge in [-0.1, -0.05) is 15.9 Å². The van der Waals surface area contributed by atoms with Crippen molar-refractivity contribution >= 4 is 31.6 Å². The van der Waals surface area contributed by atoms with Crippen LogP contribution in [0.5, 0.6) is 0 Å². The summed E-state index contributed by atoms with van der Waals surface area (Å²) in [5, 5.41) is 0. The molecule has 0 fully saturated rings. The average molecular weight is 345 g/mol. The smallest absolute Gasteiger partial charge is 0.245 e. The van der Waals surface area contributed by atoms with E-state index in [-0.39, 0.29) is 17.1 Å². The SMILES string of the molecule is CN(Cc1ccoc1)S(=O)(=O)c1ccc(Br)cc1N. The molecular weight excluding hydrogens is 332 g/mol. The molecule has 0 saturated carbocycles. The van der Waals surface area contributed by atoms with Gasteiger partial charge in [0.25, 0.3) is 0 Å². The van der Waals surface area contributed by atoms with Crippen molar-refractivity contribution in [2.45, 2.75) is 11.4 Å². The predicted octanol–water partition coefficient (Wildman–Crippen LogP) is 2.45. The van der Waals surface area contributed by atoms with Crippen molar-refractivity contribution in [3.05, 3.63) is 46.8 Å². The van der Waals surface area contributed by atoms with E-state index in [1.54, 1.807) is 18.2 Å². The lowest BCUT2D eigenvalue weighted by molar-refractivity contribution is 0.463. The first-order valence-electron chi connectivity index (χ1n) is 5.43. The van der Waals surface area contributed by atoms with Crippen LogP contribution >= 0.6 is 15.9 Å². The number of nitrogens with two attached hydrogens (primary N) is 1. The zero-order valence-corrected chi connectivity index (χ0v) is 12.6. The van der Waals surface area contributed by atoms with E-state index in [0.29, 0.717) is 0 Å². The summed E-state index contributed by atoms with van der Waals surface area (Å²) in [7, 11) is -2.11. The molecule has 2 rings (SSSR count). The second-order valence-corrected chi connectivity index (χ2v) is 7.00. The first kappa shape index (κ1) is 14.1. The van der Waals surface area contributed by atoms with E-state index in [1.807, 2.05) is 0 Å². The third-order valence-corrected chi connectivity index (χ3v) is 5.02. The van der Waals surface area contributed by atoms with Crippen LogP contribution in [0.15, 0.2) is 50.6 Å². The number of nitrogen functional groups attached to an aromatic ring is 1. The molecule has 0 saturated heterocycles. The summed E-state index contributed by atoms with van der Waals surface area (Å²) in [5.41, 5.74) is 6.76. The Bertz CT molecular complexity index is 668. The third kappa shape index (κ3) is 2.99. The quantitative estimate of drug-likeness (QED) is 0.864. The Labute approximate surface area is 120 Å². The summed E-state index contributed by atoms with van der Waals surface area (Å²) in [4.78, 5) is 0.0988. The molecule has 19 heavy (non-hydrogen) atoms. The number of sulfonamides is 1. The highest BCUT2D eigenvalue weighted by Gasteiger charge is 2.23. The number of furan rings is 1. The fourth-order valence-corrected chi connectivity index (χ4v) is 3.28. The van der Waals surface area contributed by atoms with Crippen LogP contribution < -0.4 is 5.73 Å². The molecule has 0 bridgehead atoms. The molecule has 0 aliphatic heterocycles. The number of hydrogen-bond donors (Lipinski definition) is 1. The van der Waals surface area contributed by atoms with Gasteiger partial charge in [-0.15, -0.1) is 0 Å². The zero-order chi connectivity index (χ0) is 14.0. The second-order valence-electron chi connectivity index (χ2n) is 4.07. The molecule has 5 nitrogen and oxygen atoms in total. The minimum Gasteiger partial charge on any atom is -0.472 e. The van der Waals surface area contributed by atoms with Gasteiger partial charge in [-0.2, -0.15) is 4.31 Å². The van der Waals surface area contributed by atoms with E-state index >= 15 is 0 Å². The lowest BCUT2D eigenvalue weighted by Crippen LogP contribution is -2.27. The lowest BCUT2D eigenvalue weighted by atomic mass is 10.3. The van der Waals surface area contributed by atoms with Crippen molar-refractivity contribution in [1.29, 1.82) is 0 Å². The number of rotatable bonds is 4. The minimum absolute atomic E-state index is 0.0988. The maximum atomic E-state index is 12.4. The van der Waals surface area contributed by atoms with Gasteiger partial charge in [0.1, 0.15) is 4.90 Å². The van der Waals surface area contributed by atoms with E-state index in [0.717, 1.165) is 10.0 Å². The van der Waals surface area contributed by atoms with Gasteiger partial charge in [-0.3, -0.25) is 0 Å². The highest BCUT2D eigenvalue weighted by Crippen LogP contribution is 2.25. The van der Waals surface area contributed by atoms with Gasteiger partial charge in [-0.05, 0) is 24.3 Å². The first-order chi connectivity index (χ1) is 8.91. The topological polar surface area (TPSA) is 76.5 Å². The maximum Gasteiger partial charge on any atom is 0.245 e. The molecule has 1 aromatic heterocycles. The van der Waals surface area contributed by atoms with E-state index in [4.69, 9.17) is 10.2 Å². The van der Waals surface area contributed by atoms with Gasteiger partial charge in [0.15, 0.2) is 0 Å². The Morgan fingerprint density at radius 1 is 1.37 bits per heavy atom. The number of anilines is 1. The van der Waals surface area contributed by atoms with Crippen LogP contribution in [-0.2, 0) is 16.6 Å². The summed E-state index contributed by atoms with van der Waals surface area (Å²) in [5.74, 6) is 0. The van der Waals surface area contributed by atoms with Crippen LogP contribution in [0.4, 0.5) is 5.69 Å². The summed E-state index contributed by atoms with van der Waals surface area (Å²) in [6, 6.07) is 6.42. The van der Waals surface area contributed by atoms with Crippen molar-refractivity contribution in [2.24, 2.45) is 0 Å². The lowest BCUT2D eigenvalue weighted by Gasteiger charge is -2.17. The van der Waals surface area contributed by atoms with Crippen molar-refractivity contribution in [3.63, 3.8) is 0 Å². The Kier molecular flexibility index (Phi) is 3.98. The van der Waals surface area contributed by atoms with Crippen molar-refractivity contribution < 1.29 is 12.8 Å². The summed E-state index contributed by atoms with van der Waals surface area (Å²) in [6.07, 6.45) is 3.01. The Morgan fingerprint density at radius 3 is 2.68 bits per heavy atom. The maximum absolute atomic E-state index is 12.4. The highest BCUT2D eigenvalue weighted by atomic mass is 79.9. The number of nitrogens with zero attached hydrogens (tertiary/aromatic N) is 1. The molecule has 0 aliphatic carbocycles. The summed E-state index contributed by atoms with van der Waals surface area (Å²) >= 11 is 3.25. The minimum atomic E-state index is -3.62. The second kappa shape index (κ2) is 5.36. The van der Waals surface area contributed by atoms with Crippen molar-refractivity contribution in [1.82, 2.24) is 4.31 Å².